The minimum atomic E-state index is -0.375. The van der Waals surface area contributed by atoms with Crippen LogP contribution >= 0.6 is 11.6 Å². The number of halogens is 1. The maximum atomic E-state index is 12.6. The zero-order chi connectivity index (χ0) is 18.1. The molecule has 0 unspecified atom stereocenters. The number of nitrogens with zero attached hydrogens (tertiary/aromatic N) is 2. The summed E-state index contributed by atoms with van der Waals surface area (Å²) < 4.78 is 7.13. The molecule has 0 aliphatic rings. The summed E-state index contributed by atoms with van der Waals surface area (Å²) in [4.78, 5) is 12.6. The summed E-state index contributed by atoms with van der Waals surface area (Å²) in [6, 6.07) is 18.8. The minimum absolute atomic E-state index is 0.0896. The van der Waals surface area contributed by atoms with Gasteiger partial charge in [0.1, 0.15) is 16.4 Å². The van der Waals surface area contributed by atoms with Gasteiger partial charge in [-0.05, 0) is 31.2 Å². The standard InChI is InChI=1S/C20H16ClN3O2/c1-13(18-11-14-7-5-6-10-17(14)26-18)23-16-12-22-24(20(25)19(16)21)15-8-3-2-4-9-15/h2-13,23H,1H3/t13-/m1/s1. The van der Waals surface area contributed by atoms with Crippen LogP contribution in [-0.4, -0.2) is 9.78 Å². The molecule has 26 heavy (non-hydrogen) atoms. The second kappa shape index (κ2) is 6.69. The molecular weight excluding hydrogens is 350 g/mol. The summed E-state index contributed by atoms with van der Waals surface area (Å²) in [7, 11) is 0. The highest BCUT2D eigenvalue weighted by Gasteiger charge is 2.16. The second-order valence-corrected chi connectivity index (χ2v) is 6.36. The lowest BCUT2D eigenvalue weighted by Gasteiger charge is -2.14. The van der Waals surface area contributed by atoms with E-state index in [1.807, 2.05) is 55.5 Å². The molecule has 1 N–H and O–H groups in total. The molecule has 2 aromatic carbocycles. The Morgan fingerprint density at radius 1 is 1.12 bits per heavy atom. The maximum absolute atomic E-state index is 12.6. The van der Waals surface area contributed by atoms with Gasteiger partial charge in [0.05, 0.1) is 23.6 Å². The first-order valence-electron chi connectivity index (χ1n) is 8.22. The number of furan rings is 1. The molecule has 0 bridgehead atoms. The average molecular weight is 366 g/mol. The van der Waals surface area contributed by atoms with Gasteiger partial charge in [0, 0.05) is 5.39 Å². The zero-order valence-electron chi connectivity index (χ0n) is 14.0. The fraction of sp³-hybridized carbons (Fsp3) is 0.100. The molecule has 5 nitrogen and oxygen atoms in total. The fourth-order valence-corrected chi connectivity index (χ4v) is 2.99. The fourth-order valence-electron chi connectivity index (χ4n) is 2.81. The van der Waals surface area contributed by atoms with Crippen LogP contribution < -0.4 is 10.9 Å². The molecule has 0 spiro atoms. The van der Waals surface area contributed by atoms with E-state index in [0.717, 1.165) is 16.7 Å². The SMILES string of the molecule is C[C@@H](Nc1cnn(-c2ccccc2)c(=O)c1Cl)c1cc2ccccc2o1. The summed E-state index contributed by atoms with van der Waals surface area (Å²) in [5.41, 5.74) is 1.58. The molecule has 0 fully saturated rings. The van der Waals surface area contributed by atoms with Gasteiger partial charge < -0.3 is 9.73 Å². The second-order valence-electron chi connectivity index (χ2n) is 5.98. The van der Waals surface area contributed by atoms with Gasteiger partial charge in [-0.25, -0.2) is 0 Å². The van der Waals surface area contributed by atoms with Crippen molar-refractivity contribution in [2.75, 3.05) is 5.32 Å². The van der Waals surface area contributed by atoms with E-state index < -0.39 is 0 Å². The molecule has 0 aliphatic heterocycles. The lowest BCUT2D eigenvalue weighted by atomic mass is 10.2. The van der Waals surface area contributed by atoms with Crippen molar-refractivity contribution in [3.8, 4) is 5.69 Å². The van der Waals surface area contributed by atoms with Crippen LogP contribution in [-0.2, 0) is 0 Å². The monoisotopic (exact) mass is 365 g/mol. The van der Waals surface area contributed by atoms with Gasteiger partial charge in [-0.2, -0.15) is 9.78 Å². The first kappa shape index (κ1) is 16.4. The van der Waals surface area contributed by atoms with E-state index in [1.54, 1.807) is 18.3 Å². The number of aromatic nitrogens is 2. The smallest absolute Gasteiger partial charge is 0.292 e. The van der Waals surface area contributed by atoms with Crippen molar-refractivity contribution < 1.29 is 4.42 Å². The largest absolute Gasteiger partial charge is 0.459 e. The highest BCUT2D eigenvalue weighted by atomic mass is 35.5. The lowest BCUT2D eigenvalue weighted by Crippen LogP contribution is -2.23. The first-order valence-corrected chi connectivity index (χ1v) is 8.59. The molecule has 130 valence electrons. The van der Waals surface area contributed by atoms with Crippen molar-refractivity contribution in [2.45, 2.75) is 13.0 Å². The molecule has 4 aromatic rings. The van der Waals surface area contributed by atoms with Crippen molar-refractivity contribution in [2.24, 2.45) is 0 Å². The Balaban J connectivity index is 1.64. The van der Waals surface area contributed by atoms with Crippen LogP contribution in [0.4, 0.5) is 5.69 Å². The number of benzene rings is 2. The topological polar surface area (TPSA) is 60.1 Å². The van der Waals surface area contributed by atoms with E-state index in [1.165, 1.54) is 4.68 Å². The van der Waals surface area contributed by atoms with Crippen LogP contribution in [0.5, 0.6) is 0 Å². The third-order valence-corrected chi connectivity index (χ3v) is 4.53. The molecule has 0 aliphatic carbocycles. The minimum Gasteiger partial charge on any atom is -0.459 e. The van der Waals surface area contributed by atoms with Crippen LogP contribution in [0.15, 0.2) is 76.1 Å². The lowest BCUT2D eigenvalue weighted by molar-refractivity contribution is 0.526. The van der Waals surface area contributed by atoms with Gasteiger partial charge in [-0.1, -0.05) is 48.0 Å². The maximum Gasteiger partial charge on any atom is 0.292 e. The van der Waals surface area contributed by atoms with E-state index in [4.69, 9.17) is 16.0 Å². The van der Waals surface area contributed by atoms with Crippen LogP contribution in [0.25, 0.3) is 16.7 Å². The van der Waals surface area contributed by atoms with E-state index >= 15 is 0 Å². The molecule has 1 atom stereocenters. The Hall–Kier alpha value is -3.05. The molecule has 0 amide bonds. The summed E-state index contributed by atoms with van der Waals surface area (Å²) in [5, 5.41) is 8.55. The van der Waals surface area contributed by atoms with Crippen molar-refractivity contribution in [1.29, 1.82) is 0 Å². The summed E-state index contributed by atoms with van der Waals surface area (Å²) >= 11 is 6.29. The molecule has 0 saturated carbocycles. The van der Waals surface area contributed by atoms with Gasteiger partial charge in [0.25, 0.3) is 5.56 Å². The Bertz CT molecular complexity index is 1090. The van der Waals surface area contributed by atoms with Crippen LogP contribution in [0.2, 0.25) is 5.02 Å². The average Bonchev–Trinajstić information content (AvgIpc) is 3.11. The van der Waals surface area contributed by atoms with Gasteiger partial charge in [0.2, 0.25) is 0 Å². The molecule has 6 heteroatoms. The Morgan fingerprint density at radius 3 is 2.62 bits per heavy atom. The van der Waals surface area contributed by atoms with Crippen molar-refractivity contribution in [3.63, 3.8) is 0 Å². The molecule has 2 aromatic heterocycles. The molecule has 0 saturated heterocycles. The summed E-state index contributed by atoms with van der Waals surface area (Å²) in [6.45, 7) is 1.94. The first-order chi connectivity index (χ1) is 12.6. The highest BCUT2D eigenvalue weighted by molar-refractivity contribution is 6.33. The number of nitrogens with one attached hydrogen (secondary N) is 1. The number of anilines is 1. The normalized spacial score (nSPS) is 12.2. The van der Waals surface area contributed by atoms with Crippen LogP contribution in [0.3, 0.4) is 0 Å². The van der Waals surface area contributed by atoms with Gasteiger partial charge in [-0.15, -0.1) is 0 Å². The number of hydrogen-bond donors (Lipinski definition) is 1. The van der Waals surface area contributed by atoms with Crippen LogP contribution in [0, 0.1) is 0 Å². The predicted octanol–water partition coefficient (Wildman–Crippen LogP) is 4.81. The number of hydrogen-bond acceptors (Lipinski definition) is 4. The number of para-hydroxylation sites is 2. The van der Waals surface area contributed by atoms with E-state index in [-0.39, 0.29) is 16.6 Å². The summed E-state index contributed by atoms with van der Waals surface area (Å²) in [5.74, 6) is 0.759. The third-order valence-electron chi connectivity index (χ3n) is 4.16. The molecule has 2 heterocycles. The van der Waals surface area contributed by atoms with E-state index in [2.05, 4.69) is 10.4 Å². The Kier molecular flexibility index (Phi) is 4.22. The highest BCUT2D eigenvalue weighted by Crippen LogP contribution is 2.27. The van der Waals surface area contributed by atoms with E-state index in [0.29, 0.717) is 11.4 Å². The number of fused-ring (bicyclic) bond motifs is 1. The third kappa shape index (κ3) is 2.97. The van der Waals surface area contributed by atoms with Crippen LogP contribution in [0.1, 0.15) is 18.7 Å². The molecule has 0 radical (unpaired) electrons. The molecular formula is C20H16ClN3O2. The quantitative estimate of drug-likeness (QED) is 0.564. The van der Waals surface area contributed by atoms with Crippen molar-refractivity contribution in [1.82, 2.24) is 9.78 Å². The van der Waals surface area contributed by atoms with E-state index in [9.17, 15) is 4.79 Å². The Morgan fingerprint density at radius 2 is 1.85 bits per heavy atom. The van der Waals surface area contributed by atoms with Crippen molar-refractivity contribution >= 4 is 28.3 Å². The van der Waals surface area contributed by atoms with Gasteiger partial charge in [0.15, 0.2) is 0 Å². The van der Waals surface area contributed by atoms with Gasteiger partial charge >= 0.3 is 0 Å². The zero-order valence-corrected chi connectivity index (χ0v) is 14.8. The van der Waals surface area contributed by atoms with Gasteiger partial charge in [-0.3, -0.25) is 4.79 Å². The van der Waals surface area contributed by atoms with Crippen molar-refractivity contribution in [3.05, 3.63) is 88.0 Å². The molecule has 4 rings (SSSR count). The summed E-state index contributed by atoms with van der Waals surface area (Å²) in [6.07, 6.45) is 1.55. The predicted molar refractivity (Wildman–Crippen MR) is 103 cm³/mol. The number of rotatable bonds is 4. The Labute approximate surface area is 154 Å².